The molecule has 0 saturated heterocycles. The van der Waals surface area contributed by atoms with Crippen LogP contribution < -0.4 is 5.32 Å². The van der Waals surface area contributed by atoms with Gasteiger partial charge in [-0.25, -0.2) is 12.7 Å². The van der Waals surface area contributed by atoms with E-state index in [0.29, 0.717) is 17.9 Å². The molecule has 9 heteroatoms. The Hall–Kier alpha value is -3.20. The molecule has 218 valence electrons. The van der Waals surface area contributed by atoms with E-state index in [4.69, 9.17) is 11.6 Å². The molecule has 0 radical (unpaired) electrons. The zero-order valence-electron chi connectivity index (χ0n) is 23.4. The van der Waals surface area contributed by atoms with Gasteiger partial charge in [0.2, 0.25) is 21.8 Å². The number of carbonyl (C=O) groups is 2. The Morgan fingerprint density at radius 1 is 0.927 bits per heavy atom. The van der Waals surface area contributed by atoms with Gasteiger partial charge < -0.3 is 10.2 Å². The average molecular weight is 596 g/mol. The zero-order chi connectivity index (χ0) is 29.2. The quantitative estimate of drug-likeness (QED) is 0.285. The number of carbonyl (C=O) groups excluding carboxylic acids is 2. The minimum atomic E-state index is -3.66. The summed E-state index contributed by atoms with van der Waals surface area (Å²) in [7, 11) is -2.15. The fourth-order valence-electron chi connectivity index (χ4n) is 5.24. The lowest BCUT2D eigenvalue weighted by Crippen LogP contribution is -2.52. The predicted octanol–water partition coefficient (Wildman–Crippen LogP) is 5.44. The van der Waals surface area contributed by atoms with Crippen LogP contribution in [0.2, 0.25) is 5.02 Å². The zero-order valence-corrected chi connectivity index (χ0v) is 25.0. The van der Waals surface area contributed by atoms with Gasteiger partial charge >= 0.3 is 0 Å². The molecule has 0 bridgehead atoms. The number of nitrogens with one attached hydrogen (secondary N) is 1. The summed E-state index contributed by atoms with van der Waals surface area (Å²) in [5.41, 5.74) is 1.78. The van der Waals surface area contributed by atoms with Gasteiger partial charge in [0.15, 0.2) is 0 Å². The maximum Gasteiger partial charge on any atom is 0.243 e. The SMILES string of the molecule is CN(CCCC(=O)N(Cc1cccc(Cl)c1)[C@H](Cc1ccccc1)C(=O)NC1CCCC1)S(=O)(=O)c1ccccc1. The van der Waals surface area contributed by atoms with Crippen LogP contribution >= 0.6 is 11.6 Å². The summed E-state index contributed by atoms with van der Waals surface area (Å²) in [5.74, 6) is -0.377. The maximum absolute atomic E-state index is 13.9. The molecule has 1 aliphatic rings. The smallest absolute Gasteiger partial charge is 0.243 e. The van der Waals surface area contributed by atoms with Crippen molar-refractivity contribution in [3.05, 3.63) is 101 Å². The fraction of sp³-hybridized carbons (Fsp3) is 0.375. The summed E-state index contributed by atoms with van der Waals surface area (Å²) >= 11 is 6.26. The van der Waals surface area contributed by atoms with E-state index in [1.807, 2.05) is 42.5 Å². The van der Waals surface area contributed by atoms with E-state index >= 15 is 0 Å². The molecule has 4 rings (SSSR count). The number of halogens is 1. The van der Waals surface area contributed by atoms with E-state index in [9.17, 15) is 18.0 Å². The number of hydrogen-bond acceptors (Lipinski definition) is 4. The van der Waals surface area contributed by atoms with Crippen LogP contribution in [0.15, 0.2) is 89.8 Å². The Morgan fingerprint density at radius 2 is 1.56 bits per heavy atom. The average Bonchev–Trinajstić information content (AvgIpc) is 3.48. The monoisotopic (exact) mass is 595 g/mol. The van der Waals surface area contributed by atoms with Gasteiger partial charge in [0.05, 0.1) is 4.90 Å². The molecule has 0 spiro atoms. The Labute approximate surface area is 248 Å². The minimum absolute atomic E-state index is 0.0945. The summed E-state index contributed by atoms with van der Waals surface area (Å²) in [4.78, 5) is 29.5. The Morgan fingerprint density at radius 3 is 2.22 bits per heavy atom. The molecule has 0 aromatic heterocycles. The molecule has 3 aromatic carbocycles. The molecule has 2 amide bonds. The third kappa shape index (κ3) is 8.64. The molecule has 0 unspecified atom stereocenters. The van der Waals surface area contributed by atoms with Crippen molar-refractivity contribution in [3.8, 4) is 0 Å². The lowest BCUT2D eigenvalue weighted by atomic mass is 10.0. The number of benzene rings is 3. The molecule has 1 aliphatic carbocycles. The van der Waals surface area contributed by atoms with Crippen LogP contribution in [0, 0.1) is 0 Å². The number of sulfonamides is 1. The van der Waals surface area contributed by atoms with Crippen molar-refractivity contribution in [3.63, 3.8) is 0 Å². The molecule has 1 atom stereocenters. The first-order chi connectivity index (χ1) is 19.7. The number of hydrogen-bond donors (Lipinski definition) is 1. The van der Waals surface area contributed by atoms with Crippen molar-refractivity contribution in [2.24, 2.45) is 0 Å². The number of amides is 2. The Kier molecular flexibility index (Phi) is 11.0. The molecule has 7 nitrogen and oxygen atoms in total. The maximum atomic E-state index is 13.9. The van der Waals surface area contributed by atoms with Gasteiger partial charge in [-0.3, -0.25) is 9.59 Å². The van der Waals surface area contributed by atoms with Gasteiger partial charge in [-0.1, -0.05) is 85.1 Å². The second-order valence-electron chi connectivity index (χ2n) is 10.6. The number of rotatable bonds is 13. The van der Waals surface area contributed by atoms with Crippen LogP contribution in [0.25, 0.3) is 0 Å². The highest BCUT2D eigenvalue weighted by molar-refractivity contribution is 7.89. The van der Waals surface area contributed by atoms with Crippen molar-refractivity contribution in [1.82, 2.24) is 14.5 Å². The molecule has 1 N–H and O–H groups in total. The van der Waals surface area contributed by atoms with Crippen molar-refractivity contribution in [1.29, 1.82) is 0 Å². The largest absolute Gasteiger partial charge is 0.352 e. The van der Waals surface area contributed by atoms with Crippen LogP contribution in [-0.2, 0) is 32.6 Å². The highest BCUT2D eigenvalue weighted by Crippen LogP contribution is 2.22. The second-order valence-corrected chi connectivity index (χ2v) is 13.1. The highest BCUT2D eigenvalue weighted by atomic mass is 35.5. The van der Waals surface area contributed by atoms with Crippen LogP contribution in [0.1, 0.15) is 49.7 Å². The summed E-state index contributed by atoms with van der Waals surface area (Å²) in [6.07, 6.45) is 4.82. The van der Waals surface area contributed by atoms with E-state index in [-0.39, 0.29) is 42.3 Å². The van der Waals surface area contributed by atoms with Crippen LogP contribution in [0.4, 0.5) is 0 Å². The predicted molar refractivity (Wildman–Crippen MR) is 162 cm³/mol. The Bertz CT molecular complexity index is 1400. The molecule has 1 fully saturated rings. The first kappa shape index (κ1) is 30.8. The third-order valence-electron chi connectivity index (χ3n) is 7.53. The van der Waals surface area contributed by atoms with Gasteiger partial charge in [0.25, 0.3) is 0 Å². The normalized spacial score (nSPS) is 14.6. The van der Waals surface area contributed by atoms with Crippen LogP contribution in [-0.4, -0.2) is 55.1 Å². The summed E-state index contributed by atoms with van der Waals surface area (Å²) in [6.45, 7) is 0.388. The van der Waals surface area contributed by atoms with Crippen molar-refractivity contribution < 1.29 is 18.0 Å². The van der Waals surface area contributed by atoms with Gasteiger partial charge in [0.1, 0.15) is 6.04 Å². The van der Waals surface area contributed by atoms with Gasteiger partial charge in [-0.05, 0) is 54.7 Å². The standard InChI is InChI=1S/C32H38ClN3O4S/c1-35(41(39,40)29-18-6-3-7-19-29)21-11-20-31(37)36(24-26-14-10-15-27(33)22-26)30(23-25-12-4-2-5-13-25)32(38)34-28-16-8-9-17-28/h2-7,10,12-15,18-19,22,28,30H,8-9,11,16-17,20-21,23-24H2,1H3,(H,34,38)/t30-/m1/s1. The van der Waals surface area contributed by atoms with E-state index in [2.05, 4.69) is 5.32 Å². The van der Waals surface area contributed by atoms with Gasteiger partial charge in [-0.2, -0.15) is 0 Å². The van der Waals surface area contributed by atoms with Crippen molar-refractivity contribution >= 4 is 33.4 Å². The van der Waals surface area contributed by atoms with Crippen molar-refractivity contribution in [2.75, 3.05) is 13.6 Å². The fourth-order valence-corrected chi connectivity index (χ4v) is 6.69. The summed E-state index contributed by atoms with van der Waals surface area (Å²) in [6, 6.07) is 24.6. The molecular weight excluding hydrogens is 558 g/mol. The van der Waals surface area contributed by atoms with Gasteiger partial charge in [0, 0.05) is 44.0 Å². The minimum Gasteiger partial charge on any atom is -0.352 e. The topological polar surface area (TPSA) is 86.8 Å². The highest BCUT2D eigenvalue weighted by Gasteiger charge is 2.32. The van der Waals surface area contributed by atoms with E-state index in [1.54, 1.807) is 47.4 Å². The lowest BCUT2D eigenvalue weighted by molar-refractivity contribution is -0.141. The van der Waals surface area contributed by atoms with Crippen LogP contribution in [0.3, 0.4) is 0 Å². The second kappa shape index (κ2) is 14.6. The van der Waals surface area contributed by atoms with Gasteiger partial charge in [-0.15, -0.1) is 0 Å². The third-order valence-corrected chi connectivity index (χ3v) is 9.64. The van der Waals surface area contributed by atoms with E-state index < -0.39 is 16.1 Å². The van der Waals surface area contributed by atoms with Crippen LogP contribution in [0.5, 0.6) is 0 Å². The summed E-state index contributed by atoms with van der Waals surface area (Å²) in [5, 5.41) is 3.75. The molecule has 0 aliphatic heterocycles. The van der Waals surface area contributed by atoms with Crippen molar-refractivity contribution in [2.45, 2.75) is 68.5 Å². The Balaban J connectivity index is 1.54. The molecule has 3 aromatic rings. The first-order valence-electron chi connectivity index (χ1n) is 14.1. The molecular formula is C32H38ClN3O4S. The van der Waals surface area contributed by atoms with E-state index in [0.717, 1.165) is 36.8 Å². The first-order valence-corrected chi connectivity index (χ1v) is 16.0. The molecule has 0 heterocycles. The molecule has 1 saturated carbocycles. The van der Waals surface area contributed by atoms with E-state index in [1.165, 1.54) is 11.4 Å². The summed E-state index contributed by atoms with van der Waals surface area (Å²) < 4.78 is 27.2. The number of nitrogens with zero attached hydrogens (tertiary/aromatic N) is 2. The lowest BCUT2D eigenvalue weighted by Gasteiger charge is -2.32. The molecule has 41 heavy (non-hydrogen) atoms.